The van der Waals surface area contributed by atoms with Gasteiger partial charge >= 0.3 is 11.9 Å². The molecular formula is C18H25NO5. The standard InChI is InChI=1S/C18H25NO5/c1-3-22-17(20)11-8-10-9-12(18(21)23-4-2)16(19)14(10)15(11)13-6-5-7-24-13/h5-7,10-12,14-16H,3-4,8-9,19H2,1-2H3. The largest absolute Gasteiger partial charge is 0.469 e. The van der Waals surface area contributed by atoms with Crippen molar-refractivity contribution in [3.05, 3.63) is 24.2 Å². The van der Waals surface area contributed by atoms with E-state index in [2.05, 4.69) is 0 Å². The van der Waals surface area contributed by atoms with Crippen LogP contribution in [0.15, 0.2) is 22.8 Å². The fraction of sp³-hybridized carbons (Fsp3) is 0.667. The van der Waals surface area contributed by atoms with E-state index in [9.17, 15) is 9.59 Å². The Kier molecular flexibility index (Phi) is 4.94. The summed E-state index contributed by atoms with van der Waals surface area (Å²) in [5.74, 6) is -0.155. The highest BCUT2D eigenvalue weighted by atomic mass is 16.5. The topological polar surface area (TPSA) is 91.8 Å². The van der Waals surface area contributed by atoms with Crippen LogP contribution < -0.4 is 5.73 Å². The lowest BCUT2D eigenvalue weighted by Crippen LogP contribution is -2.39. The maximum absolute atomic E-state index is 12.4. The molecular weight excluding hydrogens is 310 g/mol. The normalized spacial score (nSPS) is 34.8. The molecule has 24 heavy (non-hydrogen) atoms. The monoisotopic (exact) mass is 335 g/mol. The number of rotatable bonds is 5. The first-order valence-corrected chi connectivity index (χ1v) is 8.70. The van der Waals surface area contributed by atoms with Crippen molar-refractivity contribution < 1.29 is 23.5 Å². The molecule has 0 aromatic carbocycles. The van der Waals surface area contributed by atoms with Gasteiger partial charge in [0.1, 0.15) is 5.76 Å². The van der Waals surface area contributed by atoms with Crippen LogP contribution in [-0.4, -0.2) is 31.2 Å². The van der Waals surface area contributed by atoms with Crippen LogP contribution in [0.4, 0.5) is 0 Å². The van der Waals surface area contributed by atoms with Gasteiger partial charge in [-0.3, -0.25) is 9.59 Å². The number of nitrogens with two attached hydrogens (primary N) is 1. The molecule has 1 aromatic heterocycles. The summed E-state index contributed by atoms with van der Waals surface area (Å²) in [5, 5.41) is 0. The lowest BCUT2D eigenvalue weighted by molar-refractivity contribution is -0.149. The summed E-state index contributed by atoms with van der Waals surface area (Å²) in [7, 11) is 0. The van der Waals surface area contributed by atoms with Crippen molar-refractivity contribution >= 4 is 11.9 Å². The first-order chi connectivity index (χ1) is 11.6. The van der Waals surface area contributed by atoms with E-state index >= 15 is 0 Å². The summed E-state index contributed by atoms with van der Waals surface area (Å²) in [6.07, 6.45) is 2.95. The highest BCUT2D eigenvalue weighted by molar-refractivity contribution is 5.76. The average Bonchev–Trinajstić information content (AvgIpc) is 3.24. The highest BCUT2D eigenvalue weighted by Crippen LogP contribution is 2.56. The molecule has 6 unspecified atom stereocenters. The van der Waals surface area contributed by atoms with Gasteiger partial charge in [0.05, 0.1) is 31.3 Å². The van der Waals surface area contributed by atoms with Crippen LogP contribution in [-0.2, 0) is 19.1 Å². The molecule has 0 amide bonds. The molecule has 6 atom stereocenters. The van der Waals surface area contributed by atoms with Crippen molar-refractivity contribution in [2.75, 3.05) is 13.2 Å². The molecule has 2 fully saturated rings. The molecule has 0 radical (unpaired) electrons. The molecule has 2 aliphatic rings. The smallest absolute Gasteiger partial charge is 0.310 e. The van der Waals surface area contributed by atoms with Gasteiger partial charge in [-0.15, -0.1) is 0 Å². The van der Waals surface area contributed by atoms with Gasteiger partial charge in [-0.05, 0) is 50.7 Å². The predicted molar refractivity (Wildman–Crippen MR) is 85.9 cm³/mol. The van der Waals surface area contributed by atoms with Crippen LogP contribution >= 0.6 is 0 Å². The summed E-state index contributed by atoms with van der Waals surface area (Å²) in [4.78, 5) is 24.6. The van der Waals surface area contributed by atoms with Crippen molar-refractivity contribution in [1.29, 1.82) is 0 Å². The Morgan fingerprint density at radius 3 is 2.38 bits per heavy atom. The number of ether oxygens (including phenoxy) is 2. The molecule has 2 aliphatic carbocycles. The molecule has 0 saturated heterocycles. The van der Waals surface area contributed by atoms with Gasteiger partial charge in [0.15, 0.2) is 0 Å². The zero-order valence-corrected chi connectivity index (χ0v) is 14.1. The SMILES string of the molecule is CCOC(=O)C1CC2CC(C(=O)OCC)C(c3ccco3)C2C1N. The van der Waals surface area contributed by atoms with Crippen molar-refractivity contribution in [3.8, 4) is 0 Å². The molecule has 6 heteroatoms. The van der Waals surface area contributed by atoms with Gasteiger partial charge in [-0.2, -0.15) is 0 Å². The summed E-state index contributed by atoms with van der Waals surface area (Å²) in [6, 6.07) is 3.36. The quantitative estimate of drug-likeness (QED) is 0.828. The van der Waals surface area contributed by atoms with Gasteiger partial charge in [-0.1, -0.05) is 0 Å². The zero-order chi connectivity index (χ0) is 17.3. The predicted octanol–water partition coefficient (Wildman–Crippen LogP) is 2.09. The molecule has 132 valence electrons. The second kappa shape index (κ2) is 6.97. The summed E-state index contributed by atoms with van der Waals surface area (Å²) in [6.45, 7) is 4.30. The highest BCUT2D eigenvalue weighted by Gasteiger charge is 2.58. The van der Waals surface area contributed by atoms with E-state index in [0.29, 0.717) is 26.1 Å². The van der Waals surface area contributed by atoms with Crippen LogP contribution in [0.25, 0.3) is 0 Å². The minimum Gasteiger partial charge on any atom is -0.469 e. The second-order valence-corrected chi connectivity index (χ2v) is 6.64. The van der Waals surface area contributed by atoms with Crippen LogP contribution in [0, 0.1) is 23.7 Å². The first-order valence-electron chi connectivity index (χ1n) is 8.70. The Bertz CT molecular complexity index is 584. The third-order valence-corrected chi connectivity index (χ3v) is 5.47. The molecule has 1 aromatic rings. The lowest BCUT2D eigenvalue weighted by Gasteiger charge is -2.26. The van der Waals surface area contributed by atoms with E-state index in [1.807, 2.05) is 12.1 Å². The van der Waals surface area contributed by atoms with Crippen molar-refractivity contribution in [3.63, 3.8) is 0 Å². The number of carbonyl (C=O) groups excluding carboxylic acids is 2. The Morgan fingerprint density at radius 1 is 1.17 bits per heavy atom. The molecule has 2 N–H and O–H groups in total. The van der Waals surface area contributed by atoms with Gasteiger partial charge in [0, 0.05) is 12.0 Å². The minimum absolute atomic E-state index is 0.0277. The van der Waals surface area contributed by atoms with Gasteiger partial charge in [0.2, 0.25) is 0 Å². The summed E-state index contributed by atoms with van der Waals surface area (Å²) in [5.41, 5.74) is 6.43. The van der Waals surface area contributed by atoms with Crippen molar-refractivity contribution in [1.82, 2.24) is 0 Å². The zero-order valence-electron chi connectivity index (χ0n) is 14.1. The number of esters is 2. The maximum Gasteiger partial charge on any atom is 0.310 e. The van der Waals surface area contributed by atoms with Crippen molar-refractivity contribution in [2.45, 2.75) is 38.6 Å². The fourth-order valence-corrected chi connectivity index (χ4v) is 4.61. The van der Waals surface area contributed by atoms with Crippen LogP contribution in [0.1, 0.15) is 38.4 Å². The van der Waals surface area contributed by atoms with Crippen molar-refractivity contribution in [2.24, 2.45) is 29.4 Å². The minimum atomic E-state index is -0.330. The molecule has 0 aliphatic heterocycles. The molecule has 0 bridgehead atoms. The molecule has 6 nitrogen and oxygen atoms in total. The molecule has 3 rings (SSSR count). The second-order valence-electron chi connectivity index (χ2n) is 6.64. The first kappa shape index (κ1) is 17.0. The molecule has 0 spiro atoms. The van der Waals surface area contributed by atoms with E-state index in [0.717, 1.165) is 5.76 Å². The van der Waals surface area contributed by atoms with Crippen LogP contribution in [0.5, 0.6) is 0 Å². The third-order valence-electron chi connectivity index (χ3n) is 5.47. The fourth-order valence-electron chi connectivity index (χ4n) is 4.61. The Labute approximate surface area is 141 Å². The number of carbonyl (C=O) groups is 2. The van der Waals surface area contributed by atoms with E-state index in [-0.39, 0.29) is 47.6 Å². The van der Waals surface area contributed by atoms with E-state index < -0.39 is 0 Å². The Hall–Kier alpha value is -1.82. The number of furan rings is 1. The number of hydrogen-bond acceptors (Lipinski definition) is 6. The molecule has 2 saturated carbocycles. The van der Waals surface area contributed by atoms with E-state index in [4.69, 9.17) is 19.6 Å². The van der Waals surface area contributed by atoms with E-state index in [1.54, 1.807) is 20.1 Å². The third kappa shape index (κ3) is 2.83. The van der Waals surface area contributed by atoms with E-state index in [1.165, 1.54) is 0 Å². The van der Waals surface area contributed by atoms with Crippen LogP contribution in [0.2, 0.25) is 0 Å². The van der Waals surface area contributed by atoms with Gasteiger partial charge < -0.3 is 19.6 Å². The van der Waals surface area contributed by atoms with Crippen LogP contribution in [0.3, 0.4) is 0 Å². The average molecular weight is 335 g/mol. The maximum atomic E-state index is 12.4. The number of hydrogen-bond donors (Lipinski definition) is 1. The molecule has 1 heterocycles. The Balaban J connectivity index is 1.86. The van der Waals surface area contributed by atoms with Gasteiger partial charge in [0.25, 0.3) is 0 Å². The summed E-state index contributed by atoms with van der Waals surface area (Å²) < 4.78 is 16.0. The lowest BCUT2D eigenvalue weighted by atomic mass is 9.82. The Morgan fingerprint density at radius 2 is 1.79 bits per heavy atom. The number of fused-ring (bicyclic) bond motifs is 1. The van der Waals surface area contributed by atoms with Gasteiger partial charge in [-0.25, -0.2) is 0 Å². The summed E-state index contributed by atoms with van der Waals surface area (Å²) >= 11 is 0.